The van der Waals surface area contributed by atoms with Crippen molar-refractivity contribution in [2.45, 2.75) is 25.8 Å². The summed E-state index contributed by atoms with van der Waals surface area (Å²) in [5, 5.41) is 16.1. The summed E-state index contributed by atoms with van der Waals surface area (Å²) < 4.78 is 0. The van der Waals surface area contributed by atoms with Crippen molar-refractivity contribution in [2.24, 2.45) is 0 Å². The molecule has 0 saturated carbocycles. The van der Waals surface area contributed by atoms with Gasteiger partial charge in [-0.25, -0.2) is 0 Å². The molecule has 1 unspecified atom stereocenters. The van der Waals surface area contributed by atoms with Gasteiger partial charge in [0.15, 0.2) is 0 Å². The molecule has 1 aliphatic rings. The topological polar surface area (TPSA) is 101 Å². The maximum absolute atomic E-state index is 11.6. The number of rotatable bonds is 3. The molecule has 1 saturated heterocycles. The molecular weight excluding hydrogens is 250 g/mol. The van der Waals surface area contributed by atoms with E-state index in [1.807, 2.05) is 0 Å². The molecule has 1 aliphatic heterocycles. The zero-order chi connectivity index (χ0) is 14.0. The van der Waals surface area contributed by atoms with Gasteiger partial charge in [0, 0.05) is 12.0 Å². The summed E-state index contributed by atoms with van der Waals surface area (Å²) in [5.41, 5.74) is 0.758. The van der Waals surface area contributed by atoms with E-state index in [0.29, 0.717) is 17.7 Å². The van der Waals surface area contributed by atoms with E-state index < -0.39 is 16.9 Å². The van der Waals surface area contributed by atoms with Crippen molar-refractivity contribution in [1.29, 1.82) is 0 Å². The first-order chi connectivity index (χ1) is 8.99. The Morgan fingerprint density at radius 2 is 2.16 bits per heavy atom. The Bertz CT molecular complexity index is 556. The van der Waals surface area contributed by atoms with Crippen LogP contribution in [0.4, 0.5) is 11.4 Å². The quantitative estimate of drug-likeness (QED) is 0.483. The minimum absolute atomic E-state index is 0.0489. The van der Waals surface area contributed by atoms with Crippen molar-refractivity contribution in [2.75, 3.05) is 5.32 Å². The number of hydrogen-bond acceptors (Lipinski definition) is 5. The molecule has 2 amide bonds. The first-order valence-corrected chi connectivity index (χ1v) is 5.83. The van der Waals surface area contributed by atoms with E-state index in [0.717, 1.165) is 0 Å². The van der Waals surface area contributed by atoms with Crippen LogP contribution < -0.4 is 10.6 Å². The Morgan fingerprint density at radius 1 is 1.42 bits per heavy atom. The molecule has 1 aromatic carbocycles. The molecule has 1 heterocycles. The zero-order valence-electron chi connectivity index (χ0n) is 10.3. The Kier molecular flexibility index (Phi) is 3.46. The summed E-state index contributed by atoms with van der Waals surface area (Å²) in [4.78, 5) is 33.2. The highest BCUT2D eigenvalue weighted by Crippen LogP contribution is 2.29. The zero-order valence-corrected chi connectivity index (χ0v) is 10.3. The number of anilines is 1. The highest BCUT2D eigenvalue weighted by Gasteiger charge is 2.28. The molecule has 0 bridgehead atoms. The van der Waals surface area contributed by atoms with E-state index in [2.05, 4.69) is 10.6 Å². The maximum atomic E-state index is 11.6. The molecule has 1 atom stereocenters. The van der Waals surface area contributed by atoms with Crippen LogP contribution in [0.3, 0.4) is 0 Å². The van der Waals surface area contributed by atoms with Crippen molar-refractivity contribution < 1.29 is 14.5 Å². The molecule has 2 N–H and O–H groups in total. The fourth-order valence-corrected chi connectivity index (χ4v) is 2.04. The van der Waals surface area contributed by atoms with E-state index in [1.165, 1.54) is 0 Å². The van der Waals surface area contributed by atoms with Crippen LogP contribution in [0, 0.1) is 17.0 Å². The molecular formula is C12H13N3O4. The number of para-hydroxylation sites is 1. The Morgan fingerprint density at radius 3 is 2.79 bits per heavy atom. The van der Waals surface area contributed by atoms with Gasteiger partial charge in [-0.3, -0.25) is 25.0 Å². The number of nitrogens with one attached hydrogen (secondary N) is 2. The molecule has 2 rings (SSSR count). The second-order valence-corrected chi connectivity index (χ2v) is 4.38. The third-order valence-electron chi connectivity index (χ3n) is 2.99. The fourth-order valence-electron chi connectivity index (χ4n) is 2.04. The van der Waals surface area contributed by atoms with Gasteiger partial charge >= 0.3 is 0 Å². The number of imide groups is 1. The van der Waals surface area contributed by atoms with Gasteiger partial charge in [-0.05, 0) is 19.4 Å². The first-order valence-electron chi connectivity index (χ1n) is 5.83. The summed E-state index contributed by atoms with van der Waals surface area (Å²) in [6.45, 7) is 1.63. The van der Waals surface area contributed by atoms with E-state index in [1.54, 1.807) is 25.1 Å². The third kappa shape index (κ3) is 2.70. The summed E-state index contributed by atoms with van der Waals surface area (Å²) in [7, 11) is 0. The molecule has 0 spiro atoms. The lowest BCUT2D eigenvalue weighted by Crippen LogP contribution is -2.47. The Labute approximate surface area is 109 Å². The number of benzene rings is 1. The number of carbonyl (C=O) groups excluding carboxylic acids is 2. The number of nitro groups is 1. The molecule has 0 aromatic heterocycles. The number of nitro benzene ring substituents is 1. The largest absolute Gasteiger partial charge is 0.368 e. The van der Waals surface area contributed by atoms with E-state index >= 15 is 0 Å². The van der Waals surface area contributed by atoms with Gasteiger partial charge in [-0.1, -0.05) is 12.1 Å². The fraction of sp³-hybridized carbons (Fsp3) is 0.333. The first kappa shape index (κ1) is 13.0. The van der Waals surface area contributed by atoms with E-state index in [9.17, 15) is 19.7 Å². The highest BCUT2D eigenvalue weighted by molar-refractivity contribution is 6.01. The van der Waals surface area contributed by atoms with Gasteiger partial charge in [0.25, 0.3) is 5.69 Å². The summed E-state index contributed by atoms with van der Waals surface area (Å²) in [5.74, 6) is -0.770. The number of aryl methyl sites for hydroxylation is 1. The summed E-state index contributed by atoms with van der Waals surface area (Å²) >= 11 is 0. The number of carbonyl (C=O) groups is 2. The molecule has 0 radical (unpaired) electrons. The summed E-state index contributed by atoms with van der Waals surface area (Å²) in [6, 6.07) is 4.23. The smallest absolute Gasteiger partial charge is 0.295 e. The monoisotopic (exact) mass is 263 g/mol. The minimum Gasteiger partial charge on any atom is -0.368 e. The second-order valence-electron chi connectivity index (χ2n) is 4.38. The van der Waals surface area contributed by atoms with Crippen molar-refractivity contribution >= 4 is 23.2 Å². The molecule has 1 aromatic rings. The molecule has 19 heavy (non-hydrogen) atoms. The van der Waals surface area contributed by atoms with Crippen molar-refractivity contribution in [3.8, 4) is 0 Å². The normalized spacial score (nSPS) is 18.9. The molecule has 7 nitrogen and oxygen atoms in total. The average molecular weight is 263 g/mol. The van der Waals surface area contributed by atoms with Crippen LogP contribution in [0.15, 0.2) is 18.2 Å². The van der Waals surface area contributed by atoms with Crippen LogP contribution in [0.2, 0.25) is 0 Å². The molecule has 100 valence electrons. The van der Waals surface area contributed by atoms with E-state index in [-0.39, 0.29) is 18.0 Å². The van der Waals surface area contributed by atoms with Gasteiger partial charge in [0.05, 0.1) is 4.92 Å². The van der Waals surface area contributed by atoms with Gasteiger partial charge in [-0.2, -0.15) is 0 Å². The van der Waals surface area contributed by atoms with Crippen LogP contribution in [0.5, 0.6) is 0 Å². The maximum Gasteiger partial charge on any atom is 0.295 e. The van der Waals surface area contributed by atoms with Crippen LogP contribution in [-0.4, -0.2) is 22.8 Å². The van der Waals surface area contributed by atoms with Gasteiger partial charge in [0.2, 0.25) is 11.8 Å². The number of nitrogens with zero attached hydrogens (tertiary/aromatic N) is 1. The SMILES string of the molecule is Cc1cccc(NC2CCC(=O)NC2=O)c1[N+](=O)[O-]. The predicted molar refractivity (Wildman–Crippen MR) is 67.6 cm³/mol. The van der Waals surface area contributed by atoms with Crippen LogP contribution in [-0.2, 0) is 9.59 Å². The van der Waals surface area contributed by atoms with Crippen LogP contribution in [0.25, 0.3) is 0 Å². The number of piperidine rings is 1. The van der Waals surface area contributed by atoms with Gasteiger partial charge < -0.3 is 5.32 Å². The third-order valence-corrected chi connectivity index (χ3v) is 2.99. The lowest BCUT2D eigenvalue weighted by atomic mass is 10.0. The lowest BCUT2D eigenvalue weighted by molar-refractivity contribution is -0.384. The number of amides is 2. The Hall–Kier alpha value is -2.44. The predicted octanol–water partition coefficient (Wildman–Crippen LogP) is 1.12. The van der Waals surface area contributed by atoms with Gasteiger partial charge in [0.1, 0.15) is 11.7 Å². The van der Waals surface area contributed by atoms with Crippen molar-refractivity contribution in [1.82, 2.24) is 5.32 Å². The average Bonchev–Trinajstić information content (AvgIpc) is 2.32. The summed E-state index contributed by atoms with van der Waals surface area (Å²) in [6.07, 6.45) is 0.554. The molecule has 7 heteroatoms. The lowest BCUT2D eigenvalue weighted by Gasteiger charge is -2.22. The molecule has 0 aliphatic carbocycles. The van der Waals surface area contributed by atoms with Crippen molar-refractivity contribution in [3.05, 3.63) is 33.9 Å². The van der Waals surface area contributed by atoms with E-state index in [4.69, 9.17) is 0 Å². The van der Waals surface area contributed by atoms with Crippen LogP contribution in [0.1, 0.15) is 18.4 Å². The highest BCUT2D eigenvalue weighted by atomic mass is 16.6. The Balaban J connectivity index is 2.24. The molecule has 1 fully saturated rings. The number of hydrogen-bond donors (Lipinski definition) is 2. The second kappa shape index (κ2) is 5.05. The van der Waals surface area contributed by atoms with Crippen molar-refractivity contribution in [3.63, 3.8) is 0 Å². The standard InChI is InChI=1S/C12H13N3O4/c1-7-3-2-4-8(11(7)15(18)19)13-9-5-6-10(16)14-12(9)17/h2-4,9,13H,5-6H2,1H3,(H,14,16,17). The van der Waals surface area contributed by atoms with Crippen LogP contribution >= 0.6 is 0 Å². The van der Waals surface area contributed by atoms with Gasteiger partial charge in [-0.15, -0.1) is 0 Å². The minimum atomic E-state index is -0.627.